The molecule has 0 radical (unpaired) electrons. The average molecular weight is 382 g/mol. The van der Waals surface area contributed by atoms with E-state index in [-0.39, 0.29) is 0 Å². The van der Waals surface area contributed by atoms with Crippen LogP contribution < -0.4 is 10.6 Å². The monoisotopic (exact) mass is 382 g/mol. The van der Waals surface area contributed by atoms with Crippen LogP contribution in [0.2, 0.25) is 0 Å². The molecule has 0 fully saturated rings. The summed E-state index contributed by atoms with van der Waals surface area (Å²) in [6.45, 7) is 4.23. The topological polar surface area (TPSA) is 36.1 Å². The third-order valence-corrected chi connectivity index (χ3v) is 6.39. The van der Waals surface area contributed by atoms with Crippen molar-refractivity contribution in [2.75, 3.05) is 0 Å². The molecule has 6 rings (SSSR count). The van der Waals surface area contributed by atoms with Gasteiger partial charge in [-0.3, -0.25) is 0 Å². The second-order valence-corrected chi connectivity index (χ2v) is 7.85. The first-order valence-electron chi connectivity index (χ1n) is 10.2. The zero-order valence-electron chi connectivity index (χ0n) is 16.8. The quantitative estimate of drug-likeness (QED) is 0.362. The summed E-state index contributed by atoms with van der Waals surface area (Å²) in [5, 5.41) is 18.6. The van der Waals surface area contributed by atoms with Gasteiger partial charge >= 0.3 is 0 Å². The van der Waals surface area contributed by atoms with Crippen molar-refractivity contribution >= 4 is 49.7 Å². The average Bonchev–Trinajstić information content (AvgIpc) is 3.24. The van der Waals surface area contributed by atoms with E-state index in [1.54, 1.807) is 0 Å². The molecule has 0 heterocycles. The molecule has 0 spiro atoms. The van der Waals surface area contributed by atoms with Crippen molar-refractivity contribution < 1.29 is 0 Å². The van der Waals surface area contributed by atoms with Gasteiger partial charge in [-0.2, -0.15) is 5.26 Å². The summed E-state index contributed by atoms with van der Waals surface area (Å²) in [6.07, 6.45) is 2.14. The second kappa shape index (κ2) is 6.02. The largest absolute Gasteiger partial charge is 0.247 e. The third kappa shape index (κ3) is 2.04. The molecule has 2 heteroatoms. The molecule has 0 amide bonds. The van der Waals surface area contributed by atoms with E-state index in [9.17, 15) is 5.26 Å². The van der Waals surface area contributed by atoms with E-state index in [1.165, 1.54) is 27.5 Å². The van der Waals surface area contributed by atoms with Crippen molar-refractivity contribution in [2.24, 2.45) is 4.99 Å². The molecule has 140 valence electrons. The van der Waals surface area contributed by atoms with Crippen LogP contribution in [-0.4, -0.2) is 0 Å². The van der Waals surface area contributed by atoms with Gasteiger partial charge in [-0.25, -0.2) is 4.99 Å². The lowest BCUT2D eigenvalue weighted by Gasteiger charge is -2.02. The third-order valence-electron chi connectivity index (χ3n) is 6.39. The van der Waals surface area contributed by atoms with Gasteiger partial charge < -0.3 is 0 Å². The van der Waals surface area contributed by atoms with E-state index >= 15 is 0 Å². The van der Waals surface area contributed by atoms with E-state index in [1.807, 2.05) is 18.2 Å². The maximum absolute atomic E-state index is 9.57. The van der Waals surface area contributed by atoms with Gasteiger partial charge in [-0.1, -0.05) is 66.7 Å². The highest BCUT2D eigenvalue weighted by Gasteiger charge is 2.21. The van der Waals surface area contributed by atoms with Gasteiger partial charge in [0.15, 0.2) is 0 Å². The molecular weight excluding hydrogens is 364 g/mol. The van der Waals surface area contributed by atoms with Gasteiger partial charge in [0, 0.05) is 26.9 Å². The van der Waals surface area contributed by atoms with Crippen molar-refractivity contribution in [3.8, 4) is 6.07 Å². The minimum atomic E-state index is 0.709. The van der Waals surface area contributed by atoms with Crippen molar-refractivity contribution in [3.05, 3.63) is 94.0 Å². The lowest BCUT2D eigenvalue weighted by atomic mass is 10.0. The number of benzene rings is 4. The zero-order chi connectivity index (χ0) is 20.4. The lowest BCUT2D eigenvalue weighted by Crippen LogP contribution is -2.20. The Balaban J connectivity index is 1.78. The van der Waals surface area contributed by atoms with Crippen LogP contribution in [0.25, 0.3) is 49.7 Å². The molecule has 1 aliphatic rings. The van der Waals surface area contributed by atoms with Crippen molar-refractivity contribution in [1.82, 2.24) is 0 Å². The Morgan fingerprint density at radius 1 is 0.800 bits per heavy atom. The predicted octanol–water partition coefficient (Wildman–Crippen LogP) is 5.78. The van der Waals surface area contributed by atoms with Gasteiger partial charge in [0.2, 0.25) is 0 Å². The number of nitrogens with zero attached hydrogens (tertiary/aromatic N) is 2. The first-order valence-corrected chi connectivity index (χ1v) is 10.2. The maximum atomic E-state index is 9.57. The Hall–Kier alpha value is -3.96. The predicted molar refractivity (Wildman–Crippen MR) is 125 cm³/mol. The molecule has 0 saturated heterocycles. The number of rotatable bonds is 1. The summed E-state index contributed by atoms with van der Waals surface area (Å²) in [6, 6.07) is 25.4. The second-order valence-electron chi connectivity index (χ2n) is 7.85. The molecule has 0 atom stereocenters. The highest BCUT2D eigenvalue weighted by molar-refractivity contribution is 6.15. The van der Waals surface area contributed by atoms with Crippen molar-refractivity contribution in [2.45, 2.75) is 13.8 Å². The van der Waals surface area contributed by atoms with Crippen LogP contribution in [0.4, 0.5) is 0 Å². The molecule has 5 aromatic carbocycles. The Morgan fingerprint density at radius 3 is 2.30 bits per heavy atom. The smallest absolute Gasteiger partial charge is 0.0998 e. The summed E-state index contributed by atoms with van der Waals surface area (Å²) in [5.41, 5.74) is 5.43. The van der Waals surface area contributed by atoms with Gasteiger partial charge in [-0.15, -0.1) is 0 Å². The molecule has 0 saturated carbocycles. The maximum Gasteiger partial charge on any atom is 0.0998 e. The fourth-order valence-corrected chi connectivity index (χ4v) is 5.05. The van der Waals surface area contributed by atoms with Crippen LogP contribution in [0.5, 0.6) is 0 Å². The van der Waals surface area contributed by atoms with Gasteiger partial charge in [0.25, 0.3) is 0 Å². The number of allylic oxidation sites excluding steroid dienone is 1. The van der Waals surface area contributed by atoms with Crippen molar-refractivity contribution in [3.63, 3.8) is 0 Å². The van der Waals surface area contributed by atoms with Crippen LogP contribution >= 0.6 is 0 Å². The minimum Gasteiger partial charge on any atom is -0.247 e. The van der Waals surface area contributed by atoms with Crippen molar-refractivity contribution in [1.29, 1.82) is 5.26 Å². The molecule has 0 N–H and O–H groups in total. The summed E-state index contributed by atoms with van der Waals surface area (Å²) in [5.74, 6) is 0. The van der Waals surface area contributed by atoms with E-state index in [0.29, 0.717) is 5.56 Å². The van der Waals surface area contributed by atoms with E-state index < -0.39 is 0 Å². The SMILES string of the molecule is C/C=c1/c(=NC2=C(C)c3cccc4cccc2c34)c2ccc(C#N)c3cccc1c32. The Bertz CT molecular complexity index is 1710. The Kier molecular flexibility index (Phi) is 3.40. The van der Waals surface area contributed by atoms with Crippen LogP contribution in [-0.2, 0) is 0 Å². The highest BCUT2D eigenvalue weighted by Crippen LogP contribution is 2.42. The molecule has 1 aliphatic carbocycles. The lowest BCUT2D eigenvalue weighted by molar-refractivity contribution is 1.38. The first-order chi connectivity index (χ1) is 14.7. The Labute approximate surface area is 174 Å². The summed E-state index contributed by atoms with van der Waals surface area (Å²) >= 11 is 0. The molecule has 0 aromatic heterocycles. The van der Waals surface area contributed by atoms with Gasteiger partial charge in [0.05, 0.1) is 22.7 Å². The van der Waals surface area contributed by atoms with E-state index in [4.69, 9.17) is 4.99 Å². The minimum absolute atomic E-state index is 0.709. The zero-order valence-corrected chi connectivity index (χ0v) is 16.8. The van der Waals surface area contributed by atoms with Crippen LogP contribution in [0.3, 0.4) is 0 Å². The standard InChI is InChI=1S/C28H18N2/c1-3-19-22-11-6-10-21-18(15-29)13-14-24(26(21)22)28(19)30-27-16(2)20-9-4-7-17-8-5-12-23(27)25(17)20/h3-14H,1-2H3/b19-3+,30-28?. The molecule has 2 nitrogen and oxygen atoms in total. The molecule has 0 bridgehead atoms. The number of hydrogen-bond donors (Lipinski definition) is 0. The molecular formula is C28H18N2. The Morgan fingerprint density at radius 2 is 1.53 bits per heavy atom. The number of hydrogen-bond acceptors (Lipinski definition) is 2. The molecule has 5 aromatic rings. The molecule has 0 unspecified atom stereocenters. The van der Waals surface area contributed by atoms with E-state index in [2.05, 4.69) is 74.5 Å². The highest BCUT2D eigenvalue weighted by atomic mass is 14.8. The normalized spacial score (nSPS) is 14.6. The van der Waals surface area contributed by atoms with Crippen LogP contribution in [0.1, 0.15) is 30.5 Å². The summed E-state index contributed by atoms with van der Waals surface area (Å²) in [4.78, 5) is 5.29. The van der Waals surface area contributed by atoms with Gasteiger partial charge in [0.1, 0.15) is 0 Å². The van der Waals surface area contributed by atoms with Gasteiger partial charge in [-0.05, 0) is 47.2 Å². The fraction of sp³-hybridized carbons (Fsp3) is 0.0714. The fourth-order valence-electron chi connectivity index (χ4n) is 5.05. The van der Waals surface area contributed by atoms with Crippen LogP contribution in [0, 0.1) is 11.3 Å². The van der Waals surface area contributed by atoms with E-state index in [0.717, 1.165) is 37.8 Å². The first kappa shape index (κ1) is 16.9. The molecule has 30 heavy (non-hydrogen) atoms. The molecule has 0 aliphatic heterocycles. The van der Waals surface area contributed by atoms with Crippen LogP contribution in [0.15, 0.2) is 71.7 Å². The summed E-state index contributed by atoms with van der Waals surface area (Å²) in [7, 11) is 0. The number of nitriles is 1. The summed E-state index contributed by atoms with van der Waals surface area (Å²) < 4.78 is 0.